The van der Waals surface area contributed by atoms with Gasteiger partial charge in [0.2, 0.25) is 10.0 Å². The number of fused-ring (bicyclic) bond motifs is 1. The molecule has 0 fully saturated rings. The van der Waals surface area contributed by atoms with Crippen molar-refractivity contribution >= 4 is 43.9 Å². The maximum Gasteiger partial charge on any atom is 0.255 e. The number of methoxy groups -OCH3 is 1. The smallest absolute Gasteiger partial charge is 0.255 e. The Kier molecular flexibility index (Phi) is 6.09. The number of hydrogen-bond acceptors (Lipinski definition) is 7. The van der Waals surface area contributed by atoms with Crippen LogP contribution in [0.1, 0.15) is 16.1 Å². The molecule has 2 aromatic heterocycles. The van der Waals surface area contributed by atoms with Crippen molar-refractivity contribution in [1.82, 2.24) is 10.3 Å². The molecule has 0 aliphatic rings. The maximum atomic E-state index is 13.4. The van der Waals surface area contributed by atoms with Crippen molar-refractivity contribution in [2.24, 2.45) is 0 Å². The first kappa shape index (κ1) is 22.7. The number of nitrogens with one attached hydrogen (secondary N) is 1. The van der Waals surface area contributed by atoms with Gasteiger partial charge in [0.25, 0.3) is 5.91 Å². The third-order valence-electron chi connectivity index (χ3n) is 5.01. The van der Waals surface area contributed by atoms with E-state index < -0.39 is 21.7 Å². The molecule has 172 valence electrons. The Morgan fingerprint density at radius 1 is 1.27 bits per heavy atom. The molecule has 0 atom stereocenters. The number of hydrogen-bond donors (Lipinski definition) is 1. The van der Waals surface area contributed by atoms with Crippen LogP contribution in [0.5, 0.6) is 5.75 Å². The van der Waals surface area contributed by atoms with Gasteiger partial charge in [-0.25, -0.2) is 17.8 Å². The molecule has 0 radical (unpaired) electrons. The van der Waals surface area contributed by atoms with Gasteiger partial charge in [0.15, 0.2) is 0 Å². The Balaban J connectivity index is 1.96. The van der Waals surface area contributed by atoms with Gasteiger partial charge in [-0.05, 0) is 30.3 Å². The molecule has 0 bridgehead atoms. The molecule has 0 unspecified atom stereocenters. The number of furan rings is 1. The summed E-state index contributed by atoms with van der Waals surface area (Å²) < 4.78 is 51.4. The Bertz CT molecular complexity index is 1410. The standard InChI is InChI=1S/C22H20FN3O5S2/c1-24-22(27)20-16-8-19(30-2)17(26(33(3,28)29)10-15-11-32-12-25-15)9-18(16)31-21(20)13-4-6-14(23)7-5-13/h4-9,11-12H,10H2,1-3H3,(H,24,27). The Hall–Kier alpha value is -3.44. The summed E-state index contributed by atoms with van der Waals surface area (Å²) in [5.74, 6) is -0.370. The zero-order chi connectivity index (χ0) is 23.8. The van der Waals surface area contributed by atoms with Crippen LogP contribution >= 0.6 is 11.3 Å². The van der Waals surface area contributed by atoms with Gasteiger partial charge in [0, 0.05) is 29.4 Å². The number of halogens is 1. The molecule has 2 aromatic carbocycles. The summed E-state index contributed by atoms with van der Waals surface area (Å²) in [5.41, 5.74) is 3.43. The third-order valence-corrected chi connectivity index (χ3v) is 6.77. The highest BCUT2D eigenvalue weighted by molar-refractivity contribution is 7.92. The van der Waals surface area contributed by atoms with Gasteiger partial charge in [-0.2, -0.15) is 0 Å². The van der Waals surface area contributed by atoms with Gasteiger partial charge in [-0.3, -0.25) is 9.10 Å². The van der Waals surface area contributed by atoms with Gasteiger partial charge in [-0.15, -0.1) is 11.3 Å². The largest absolute Gasteiger partial charge is 0.495 e. The van der Waals surface area contributed by atoms with E-state index in [2.05, 4.69) is 10.3 Å². The molecule has 4 rings (SSSR count). The second-order valence-corrected chi connectivity index (χ2v) is 9.79. The SMILES string of the molecule is CNC(=O)c1c(-c2ccc(F)cc2)oc2cc(N(Cc3cscn3)S(C)(=O)=O)c(OC)cc12. The lowest BCUT2D eigenvalue weighted by atomic mass is 10.0. The van der Waals surface area contributed by atoms with E-state index in [0.29, 0.717) is 16.6 Å². The Morgan fingerprint density at radius 2 is 2.00 bits per heavy atom. The lowest BCUT2D eigenvalue weighted by Crippen LogP contribution is -2.29. The number of ether oxygens (including phenoxy) is 1. The highest BCUT2D eigenvalue weighted by atomic mass is 32.2. The second-order valence-electron chi connectivity index (χ2n) is 7.16. The average molecular weight is 490 g/mol. The lowest BCUT2D eigenvalue weighted by Gasteiger charge is -2.23. The van der Waals surface area contributed by atoms with Crippen molar-refractivity contribution in [2.75, 3.05) is 24.7 Å². The Labute approximate surface area is 193 Å². The van der Waals surface area contributed by atoms with Crippen molar-refractivity contribution < 1.29 is 26.8 Å². The van der Waals surface area contributed by atoms with Crippen LogP contribution in [0.3, 0.4) is 0 Å². The number of sulfonamides is 1. The zero-order valence-corrected chi connectivity index (χ0v) is 19.6. The van der Waals surface area contributed by atoms with E-state index in [0.717, 1.165) is 6.26 Å². The molecule has 8 nitrogen and oxygen atoms in total. The zero-order valence-electron chi connectivity index (χ0n) is 18.0. The summed E-state index contributed by atoms with van der Waals surface area (Å²) in [5, 5.41) is 4.77. The van der Waals surface area contributed by atoms with Crippen molar-refractivity contribution in [3.8, 4) is 17.1 Å². The van der Waals surface area contributed by atoms with Crippen molar-refractivity contribution in [3.05, 3.63) is 64.4 Å². The molecule has 0 spiro atoms. The van der Waals surface area contributed by atoms with Gasteiger partial charge >= 0.3 is 0 Å². The Morgan fingerprint density at radius 3 is 2.58 bits per heavy atom. The van der Waals surface area contributed by atoms with Crippen LogP contribution in [-0.4, -0.2) is 39.7 Å². The number of rotatable bonds is 7. The molecule has 4 aromatic rings. The van der Waals surface area contributed by atoms with Crippen LogP contribution in [0.4, 0.5) is 10.1 Å². The molecule has 0 aliphatic heterocycles. The molecule has 1 N–H and O–H groups in total. The minimum Gasteiger partial charge on any atom is -0.495 e. The summed E-state index contributed by atoms with van der Waals surface area (Å²) in [7, 11) is -0.823. The van der Waals surface area contributed by atoms with Crippen LogP contribution in [-0.2, 0) is 16.6 Å². The van der Waals surface area contributed by atoms with Crippen LogP contribution in [0.25, 0.3) is 22.3 Å². The number of amides is 1. The number of nitrogens with zero attached hydrogens (tertiary/aromatic N) is 2. The second kappa shape index (κ2) is 8.83. The topological polar surface area (TPSA) is 102 Å². The quantitative estimate of drug-likeness (QED) is 0.421. The summed E-state index contributed by atoms with van der Waals surface area (Å²) in [6.07, 6.45) is 1.09. The number of anilines is 1. The van der Waals surface area contributed by atoms with E-state index in [-0.39, 0.29) is 34.9 Å². The van der Waals surface area contributed by atoms with Gasteiger partial charge in [0.1, 0.15) is 22.9 Å². The maximum absolute atomic E-state index is 13.4. The van der Waals surface area contributed by atoms with Gasteiger partial charge < -0.3 is 14.5 Å². The lowest BCUT2D eigenvalue weighted by molar-refractivity contribution is 0.0964. The summed E-state index contributed by atoms with van der Waals surface area (Å²) in [6, 6.07) is 8.61. The molecule has 33 heavy (non-hydrogen) atoms. The van der Waals surface area contributed by atoms with E-state index in [1.807, 2.05) is 0 Å². The fraction of sp³-hybridized carbons (Fsp3) is 0.182. The number of carbonyl (C=O) groups excluding carboxylic acids is 1. The molecule has 1 amide bonds. The number of carbonyl (C=O) groups is 1. The van der Waals surface area contributed by atoms with E-state index in [1.165, 1.54) is 60.1 Å². The first-order chi connectivity index (χ1) is 15.7. The summed E-state index contributed by atoms with van der Waals surface area (Å²) in [6.45, 7) is -0.00195. The van der Waals surface area contributed by atoms with E-state index >= 15 is 0 Å². The molecular weight excluding hydrogens is 469 g/mol. The first-order valence-corrected chi connectivity index (χ1v) is 12.5. The van der Waals surface area contributed by atoms with Crippen LogP contribution < -0.4 is 14.4 Å². The number of thiazole rings is 1. The molecule has 0 saturated carbocycles. The predicted molar refractivity (Wildman–Crippen MR) is 125 cm³/mol. The van der Waals surface area contributed by atoms with Crippen LogP contribution in [0.15, 0.2) is 51.7 Å². The molecular formula is C22H20FN3O5S2. The minimum atomic E-state index is -3.72. The fourth-order valence-electron chi connectivity index (χ4n) is 3.47. The van der Waals surface area contributed by atoms with E-state index in [1.54, 1.807) is 17.0 Å². The normalized spacial score (nSPS) is 11.5. The minimum absolute atomic E-state index is 0.00195. The van der Waals surface area contributed by atoms with Crippen LogP contribution in [0, 0.1) is 5.82 Å². The number of benzene rings is 2. The number of aromatic nitrogens is 1. The van der Waals surface area contributed by atoms with Crippen molar-refractivity contribution in [3.63, 3.8) is 0 Å². The molecule has 0 aliphatic carbocycles. The van der Waals surface area contributed by atoms with E-state index in [4.69, 9.17) is 9.15 Å². The van der Waals surface area contributed by atoms with Crippen LogP contribution in [0.2, 0.25) is 0 Å². The molecule has 2 heterocycles. The highest BCUT2D eigenvalue weighted by Gasteiger charge is 2.27. The third kappa shape index (κ3) is 4.41. The van der Waals surface area contributed by atoms with Crippen molar-refractivity contribution in [1.29, 1.82) is 0 Å². The predicted octanol–water partition coefficient (Wildman–Crippen LogP) is 4.03. The van der Waals surface area contributed by atoms with E-state index in [9.17, 15) is 17.6 Å². The summed E-state index contributed by atoms with van der Waals surface area (Å²) in [4.78, 5) is 16.9. The monoisotopic (exact) mass is 489 g/mol. The van der Waals surface area contributed by atoms with Gasteiger partial charge in [-0.1, -0.05) is 0 Å². The first-order valence-electron chi connectivity index (χ1n) is 9.70. The fourth-order valence-corrected chi connectivity index (χ4v) is 4.89. The average Bonchev–Trinajstić information content (AvgIpc) is 3.43. The summed E-state index contributed by atoms with van der Waals surface area (Å²) >= 11 is 1.36. The molecule has 0 saturated heterocycles. The van der Waals surface area contributed by atoms with Crippen molar-refractivity contribution in [2.45, 2.75) is 6.54 Å². The van der Waals surface area contributed by atoms with Gasteiger partial charge in [0.05, 0.1) is 42.4 Å². The highest BCUT2D eigenvalue weighted by Crippen LogP contribution is 2.41. The molecule has 11 heteroatoms.